The molecule has 0 amide bonds. The van der Waals surface area contributed by atoms with Gasteiger partial charge in [0.25, 0.3) is 0 Å². The van der Waals surface area contributed by atoms with Gasteiger partial charge in [0, 0.05) is 32.6 Å². The summed E-state index contributed by atoms with van der Waals surface area (Å²) < 4.78 is 7.11. The molecule has 0 fully saturated rings. The molecule has 212 valence electrons. The van der Waals surface area contributed by atoms with E-state index < -0.39 is 0 Å². The monoisotopic (exact) mass is 576 g/mol. The SMILES string of the molecule is C1=Cc2c(c3ccccc3n2-c2cccc(-n3c4ccccc4c4c3ccc3c5ccccc5n(-c5ccccc5)c34)n2)CC1. The Labute approximate surface area is 259 Å². The van der Waals surface area contributed by atoms with Crippen LogP contribution in [0.5, 0.6) is 0 Å². The molecule has 4 aromatic heterocycles. The molecule has 0 atom stereocenters. The molecule has 10 rings (SSSR count). The number of benzene rings is 5. The van der Waals surface area contributed by atoms with E-state index in [4.69, 9.17) is 4.98 Å². The maximum Gasteiger partial charge on any atom is 0.140 e. The van der Waals surface area contributed by atoms with Crippen LogP contribution in [-0.2, 0) is 6.42 Å². The lowest BCUT2D eigenvalue weighted by Crippen LogP contribution is -2.05. The van der Waals surface area contributed by atoms with Crippen molar-refractivity contribution in [3.63, 3.8) is 0 Å². The van der Waals surface area contributed by atoms with Crippen LogP contribution in [0.15, 0.2) is 140 Å². The van der Waals surface area contributed by atoms with Gasteiger partial charge in [-0.3, -0.25) is 9.13 Å². The first-order valence-electron chi connectivity index (χ1n) is 15.6. The lowest BCUT2D eigenvalue weighted by Gasteiger charge is -2.13. The highest BCUT2D eigenvalue weighted by Crippen LogP contribution is 2.42. The highest BCUT2D eigenvalue weighted by molar-refractivity contribution is 6.26. The maximum absolute atomic E-state index is 5.40. The summed E-state index contributed by atoms with van der Waals surface area (Å²) in [5.41, 5.74) is 9.74. The van der Waals surface area contributed by atoms with E-state index in [2.05, 4.69) is 159 Å². The number of hydrogen-bond donors (Lipinski definition) is 0. The molecule has 4 heteroatoms. The Hall–Kier alpha value is -5.87. The van der Waals surface area contributed by atoms with E-state index in [1.54, 1.807) is 0 Å². The Morgan fingerprint density at radius 3 is 1.91 bits per heavy atom. The van der Waals surface area contributed by atoms with Gasteiger partial charge in [-0.05, 0) is 73.0 Å². The van der Waals surface area contributed by atoms with Crippen molar-refractivity contribution >= 4 is 60.6 Å². The summed E-state index contributed by atoms with van der Waals surface area (Å²) in [6, 6.07) is 47.9. The first kappa shape index (κ1) is 24.6. The molecular formula is C41H28N4. The summed E-state index contributed by atoms with van der Waals surface area (Å²) >= 11 is 0. The van der Waals surface area contributed by atoms with Gasteiger partial charge < -0.3 is 4.57 Å². The Bertz CT molecular complexity index is 2650. The van der Waals surface area contributed by atoms with E-state index in [9.17, 15) is 0 Å². The zero-order valence-electron chi connectivity index (χ0n) is 24.6. The van der Waals surface area contributed by atoms with Gasteiger partial charge in [0.1, 0.15) is 11.6 Å². The normalized spacial score (nSPS) is 13.1. The van der Waals surface area contributed by atoms with Crippen molar-refractivity contribution < 1.29 is 0 Å². The Balaban J connectivity index is 1.30. The van der Waals surface area contributed by atoms with Crippen LogP contribution in [0.1, 0.15) is 17.7 Å². The van der Waals surface area contributed by atoms with Gasteiger partial charge in [0.05, 0.1) is 33.3 Å². The number of rotatable bonds is 3. The highest BCUT2D eigenvalue weighted by Gasteiger charge is 2.22. The summed E-state index contributed by atoms with van der Waals surface area (Å²) in [5.74, 6) is 1.84. The molecule has 0 aliphatic heterocycles. The summed E-state index contributed by atoms with van der Waals surface area (Å²) in [5, 5.41) is 6.28. The Kier molecular flexibility index (Phi) is 5.08. The third-order valence-electron chi connectivity index (χ3n) is 9.52. The smallest absolute Gasteiger partial charge is 0.140 e. The average Bonchev–Trinajstić information content (AvgIpc) is 3.74. The van der Waals surface area contributed by atoms with Gasteiger partial charge >= 0.3 is 0 Å². The van der Waals surface area contributed by atoms with Crippen molar-refractivity contribution in [2.24, 2.45) is 0 Å². The number of para-hydroxylation sites is 4. The fourth-order valence-electron chi connectivity index (χ4n) is 7.70. The predicted octanol–water partition coefficient (Wildman–Crippen LogP) is 10.2. The van der Waals surface area contributed by atoms with Crippen molar-refractivity contribution in [2.45, 2.75) is 12.8 Å². The van der Waals surface area contributed by atoms with Crippen molar-refractivity contribution in [3.05, 3.63) is 151 Å². The summed E-state index contributed by atoms with van der Waals surface area (Å²) in [6.07, 6.45) is 6.68. The number of nitrogens with zero attached hydrogens (tertiary/aromatic N) is 4. The molecule has 5 aromatic carbocycles. The van der Waals surface area contributed by atoms with Gasteiger partial charge in [0.15, 0.2) is 0 Å². The number of hydrogen-bond acceptors (Lipinski definition) is 1. The summed E-state index contributed by atoms with van der Waals surface area (Å²) in [6.45, 7) is 0. The maximum atomic E-state index is 5.40. The molecule has 0 saturated heterocycles. The zero-order valence-corrected chi connectivity index (χ0v) is 24.6. The van der Waals surface area contributed by atoms with Crippen molar-refractivity contribution in [1.82, 2.24) is 18.7 Å². The molecule has 9 aromatic rings. The van der Waals surface area contributed by atoms with E-state index >= 15 is 0 Å². The molecule has 0 radical (unpaired) electrons. The molecule has 1 aliphatic carbocycles. The van der Waals surface area contributed by atoms with Crippen LogP contribution < -0.4 is 0 Å². The fourth-order valence-corrected chi connectivity index (χ4v) is 7.70. The zero-order chi connectivity index (χ0) is 29.5. The summed E-state index contributed by atoms with van der Waals surface area (Å²) in [4.78, 5) is 5.40. The fraction of sp³-hybridized carbons (Fsp3) is 0.0488. The van der Waals surface area contributed by atoms with Crippen LogP contribution in [0.25, 0.3) is 77.9 Å². The quantitative estimate of drug-likeness (QED) is 0.206. The second kappa shape index (κ2) is 9.31. The van der Waals surface area contributed by atoms with Crippen LogP contribution in [-0.4, -0.2) is 18.7 Å². The largest absolute Gasteiger partial charge is 0.309 e. The second-order valence-corrected chi connectivity index (χ2v) is 11.9. The van der Waals surface area contributed by atoms with E-state index in [0.717, 1.165) is 41.2 Å². The van der Waals surface area contributed by atoms with Crippen LogP contribution >= 0.6 is 0 Å². The van der Waals surface area contributed by atoms with Crippen molar-refractivity contribution in [1.29, 1.82) is 0 Å². The number of fused-ring (bicyclic) bond motifs is 10. The van der Waals surface area contributed by atoms with Gasteiger partial charge in [-0.25, -0.2) is 4.98 Å². The average molecular weight is 577 g/mol. The van der Waals surface area contributed by atoms with Gasteiger partial charge in [-0.2, -0.15) is 0 Å². The molecule has 0 bridgehead atoms. The van der Waals surface area contributed by atoms with Crippen molar-refractivity contribution in [2.75, 3.05) is 0 Å². The third-order valence-corrected chi connectivity index (χ3v) is 9.52. The highest BCUT2D eigenvalue weighted by atomic mass is 15.1. The van der Waals surface area contributed by atoms with E-state index in [1.807, 2.05) is 0 Å². The molecule has 45 heavy (non-hydrogen) atoms. The molecule has 1 aliphatic rings. The lowest BCUT2D eigenvalue weighted by atomic mass is 10.0. The Morgan fingerprint density at radius 2 is 1.11 bits per heavy atom. The van der Waals surface area contributed by atoms with Crippen molar-refractivity contribution in [3.8, 4) is 17.3 Å². The van der Waals surface area contributed by atoms with E-state index in [1.165, 1.54) is 54.7 Å². The summed E-state index contributed by atoms with van der Waals surface area (Å²) in [7, 11) is 0. The molecule has 4 nitrogen and oxygen atoms in total. The van der Waals surface area contributed by atoms with Crippen LogP contribution in [0.4, 0.5) is 0 Å². The first-order valence-corrected chi connectivity index (χ1v) is 15.6. The predicted molar refractivity (Wildman–Crippen MR) is 187 cm³/mol. The number of aromatic nitrogens is 4. The van der Waals surface area contributed by atoms with Crippen LogP contribution in [0.3, 0.4) is 0 Å². The Morgan fingerprint density at radius 1 is 0.467 bits per heavy atom. The standard InChI is InChI=1S/C41H28N4/c1-2-13-27(14-3-1)43-33-19-8-6-17-30(33)31-25-26-37-40(41(31)43)32-18-7-11-22-36(32)45(37)39-24-12-23-38(42-39)44-34-20-9-4-15-28(34)29-16-5-10-21-35(29)44/h1-4,6-15,17-26H,5,16H2. The molecule has 0 spiro atoms. The van der Waals surface area contributed by atoms with E-state index in [0.29, 0.717) is 0 Å². The molecule has 0 N–H and O–H groups in total. The van der Waals surface area contributed by atoms with Crippen LogP contribution in [0.2, 0.25) is 0 Å². The topological polar surface area (TPSA) is 27.7 Å². The van der Waals surface area contributed by atoms with Gasteiger partial charge in [-0.1, -0.05) is 91.0 Å². The number of allylic oxidation sites excluding steroid dienone is 1. The minimum atomic E-state index is 0.909. The number of aryl methyl sites for hydroxylation is 1. The number of pyridine rings is 1. The first-order chi connectivity index (χ1) is 22.4. The second-order valence-electron chi connectivity index (χ2n) is 11.9. The minimum Gasteiger partial charge on any atom is -0.309 e. The minimum absolute atomic E-state index is 0.909. The molecule has 0 saturated carbocycles. The van der Waals surface area contributed by atoms with Gasteiger partial charge in [-0.15, -0.1) is 0 Å². The van der Waals surface area contributed by atoms with Gasteiger partial charge in [0.2, 0.25) is 0 Å². The molecule has 4 heterocycles. The third kappa shape index (κ3) is 3.39. The molecular weight excluding hydrogens is 548 g/mol. The van der Waals surface area contributed by atoms with E-state index in [-0.39, 0.29) is 0 Å². The van der Waals surface area contributed by atoms with Crippen LogP contribution in [0, 0.1) is 0 Å². The lowest BCUT2D eigenvalue weighted by molar-refractivity contribution is 0.941. The molecule has 0 unspecified atom stereocenters.